The maximum absolute atomic E-state index is 4.84. The number of fused-ring (bicyclic) bond motifs is 3. The average molecular weight is 247 g/mol. The van der Waals surface area contributed by atoms with E-state index in [2.05, 4.69) is 37.6 Å². The fraction of sp³-hybridized carbons (Fsp3) is 0.800. The number of aromatic nitrogens is 2. The second-order valence-corrected chi connectivity index (χ2v) is 6.58. The normalized spacial score (nSPS) is 30.8. The summed E-state index contributed by atoms with van der Waals surface area (Å²) >= 11 is 0. The minimum absolute atomic E-state index is 0.553. The number of hydrogen-bond donors (Lipinski definition) is 1. The van der Waals surface area contributed by atoms with Crippen molar-refractivity contribution >= 4 is 5.95 Å². The highest BCUT2D eigenvalue weighted by Gasteiger charge is 2.31. The molecule has 1 aromatic rings. The fourth-order valence-electron chi connectivity index (χ4n) is 3.64. The number of imidazole rings is 1. The van der Waals surface area contributed by atoms with Gasteiger partial charge in [0.1, 0.15) is 0 Å². The van der Waals surface area contributed by atoms with E-state index in [0.717, 1.165) is 17.8 Å². The highest BCUT2D eigenvalue weighted by molar-refractivity contribution is 5.39. The van der Waals surface area contributed by atoms with Crippen LogP contribution in [0.5, 0.6) is 0 Å². The zero-order valence-corrected chi connectivity index (χ0v) is 12.0. The van der Waals surface area contributed by atoms with Gasteiger partial charge in [0, 0.05) is 17.8 Å². The topological polar surface area (TPSA) is 29.9 Å². The van der Waals surface area contributed by atoms with E-state index in [9.17, 15) is 0 Å². The third-order valence-electron chi connectivity index (χ3n) is 4.75. The number of nitrogens with zero attached hydrogens (tertiary/aromatic N) is 2. The zero-order valence-electron chi connectivity index (χ0n) is 12.0. The van der Waals surface area contributed by atoms with Crippen LogP contribution in [0.3, 0.4) is 0 Å². The molecule has 0 radical (unpaired) electrons. The molecule has 0 amide bonds. The molecule has 0 saturated carbocycles. The molecule has 3 heteroatoms. The monoisotopic (exact) mass is 247 g/mol. The Morgan fingerprint density at radius 2 is 2.11 bits per heavy atom. The van der Waals surface area contributed by atoms with Gasteiger partial charge in [-0.25, -0.2) is 4.98 Å². The Morgan fingerprint density at radius 1 is 1.33 bits per heavy atom. The van der Waals surface area contributed by atoms with Crippen LogP contribution in [-0.4, -0.2) is 15.6 Å². The van der Waals surface area contributed by atoms with Gasteiger partial charge >= 0.3 is 0 Å². The van der Waals surface area contributed by atoms with Gasteiger partial charge < -0.3 is 9.88 Å². The molecule has 3 unspecified atom stereocenters. The van der Waals surface area contributed by atoms with Gasteiger partial charge in [-0.3, -0.25) is 0 Å². The van der Waals surface area contributed by atoms with Crippen molar-refractivity contribution < 1.29 is 0 Å². The van der Waals surface area contributed by atoms with E-state index < -0.39 is 0 Å². The molecular weight excluding hydrogens is 222 g/mol. The van der Waals surface area contributed by atoms with Crippen LogP contribution >= 0.6 is 0 Å². The van der Waals surface area contributed by atoms with Gasteiger partial charge in [-0.2, -0.15) is 0 Å². The Morgan fingerprint density at radius 3 is 2.83 bits per heavy atom. The minimum atomic E-state index is 0.553. The standard InChI is InChI=1S/C15H25N3/c1-9(2)12-5-6-13-14(8-12)18-11(4)7-10(3)16-15(18)17-13/h9-12H,5-8H2,1-4H3,(H,16,17). The lowest BCUT2D eigenvalue weighted by Gasteiger charge is -2.32. The largest absolute Gasteiger partial charge is 0.353 e. The van der Waals surface area contributed by atoms with Gasteiger partial charge in [0.25, 0.3) is 0 Å². The molecule has 1 N–H and O–H groups in total. The van der Waals surface area contributed by atoms with Crippen LogP contribution in [0.15, 0.2) is 0 Å². The molecule has 3 atom stereocenters. The summed E-state index contributed by atoms with van der Waals surface area (Å²) in [5.74, 6) is 2.75. The number of nitrogens with one attached hydrogen (secondary N) is 1. The van der Waals surface area contributed by atoms with Gasteiger partial charge in [0.15, 0.2) is 0 Å². The van der Waals surface area contributed by atoms with Gasteiger partial charge in [0.2, 0.25) is 5.95 Å². The van der Waals surface area contributed by atoms with Crippen molar-refractivity contribution in [1.82, 2.24) is 9.55 Å². The quantitative estimate of drug-likeness (QED) is 0.824. The smallest absolute Gasteiger partial charge is 0.203 e. The first kappa shape index (κ1) is 12.1. The predicted molar refractivity (Wildman–Crippen MR) is 75.0 cm³/mol. The second-order valence-electron chi connectivity index (χ2n) is 6.58. The first-order chi connectivity index (χ1) is 8.56. The van der Waals surface area contributed by atoms with Gasteiger partial charge in [-0.15, -0.1) is 0 Å². The molecule has 18 heavy (non-hydrogen) atoms. The molecule has 3 rings (SSSR count). The molecular formula is C15H25N3. The maximum Gasteiger partial charge on any atom is 0.203 e. The van der Waals surface area contributed by atoms with E-state index >= 15 is 0 Å². The molecule has 0 bridgehead atoms. The molecule has 1 aliphatic carbocycles. The van der Waals surface area contributed by atoms with E-state index in [1.807, 2.05) is 0 Å². The van der Waals surface area contributed by atoms with E-state index in [0.29, 0.717) is 12.1 Å². The van der Waals surface area contributed by atoms with Crippen LogP contribution in [0.2, 0.25) is 0 Å². The Balaban J connectivity index is 1.97. The molecule has 1 aliphatic heterocycles. The van der Waals surface area contributed by atoms with Crippen LogP contribution < -0.4 is 5.32 Å². The van der Waals surface area contributed by atoms with Crippen molar-refractivity contribution in [2.24, 2.45) is 11.8 Å². The van der Waals surface area contributed by atoms with Crippen LogP contribution in [0, 0.1) is 11.8 Å². The molecule has 0 aromatic carbocycles. The van der Waals surface area contributed by atoms with Crippen molar-refractivity contribution in [2.75, 3.05) is 5.32 Å². The maximum atomic E-state index is 4.84. The fourth-order valence-corrected chi connectivity index (χ4v) is 3.64. The Kier molecular flexibility index (Phi) is 2.87. The van der Waals surface area contributed by atoms with Crippen molar-refractivity contribution in [3.63, 3.8) is 0 Å². The number of aryl methyl sites for hydroxylation is 1. The molecule has 0 saturated heterocycles. The lowest BCUT2D eigenvalue weighted by molar-refractivity contribution is 0.325. The van der Waals surface area contributed by atoms with E-state index in [-0.39, 0.29) is 0 Å². The van der Waals surface area contributed by atoms with Crippen LogP contribution in [0.25, 0.3) is 0 Å². The first-order valence-corrected chi connectivity index (χ1v) is 7.42. The van der Waals surface area contributed by atoms with Crippen LogP contribution in [0.1, 0.15) is 58.0 Å². The van der Waals surface area contributed by atoms with E-state index in [1.165, 1.54) is 37.1 Å². The molecule has 3 nitrogen and oxygen atoms in total. The number of anilines is 1. The third-order valence-corrected chi connectivity index (χ3v) is 4.75. The van der Waals surface area contributed by atoms with Crippen LogP contribution in [-0.2, 0) is 12.8 Å². The summed E-state index contributed by atoms with van der Waals surface area (Å²) < 4.78 is 2.48. The van der Waals surface area contributed by atoms with Gasteiger partial charge in [0.05, 0.1) is 5.69 Å². The van der Waals surface area contributed by atoms with E-state index in [4.69, 9.17) is 4.98 Å². The summed E-state index contributed by atoms with van der Waals surface area (Å²) in [6.07, 6.45) is 4.91. The highest BCUT2D eigenvalue weighted by Crippen LogP contribution is 2.36. The first-order valence-electron chi connectivity index (χ1n) is 7.42. The minimum Gasteiger partial charge on any atom is -0.353 e. The van der Waals surface area contributed by atoms with Crippen molar-refractivity contribution in [2.45, 2.75) is 65.5 Å². The van der Waals surface area contributed by atoms with Gasteiger partial charge in [-0.05, 0) is 51.4 Å². The van der Waals surface area contributed by atoms with Crippen molar-refractivity contribution in [3.05, 3.63) is 11.4 Å². The summed E-state index contributed by atoms with van der Waals surface area (Å²) in [5, 5.41) is 3.54. The Labute approximate surface area is 110 Å². The SMILES string of the molecule is CC1CC(C)n2c(nc3c2CC(C(C)C)CC3)N1. The molecule has 2 heterocycles. The average Bonchev–Trinajstić information content (AvgIpc) is 2.65. The lowest BCUT2D eigenvalue weighted by atomic mass is 9.82. The van der Waals surface area contributed by atoms with E-state index in [1.54, 1.807) is 0 Å². The third kappa shape index (κ3) is 1.84. The molecule has 2 aliphatic rings. The summed E-state index contributed by atoms with van der Waals surface area (Å²) in [5.41, 5.74) is 2.87. The number of rotatable bonds is 1. The van der Waals surface area contributed by atoms with Crippen molar-refractivity contribution in [3.8, 4) is 0 Å². The predicted octanol–water partition coefficient (Wildman–Crippen LogP) is 3.41. The number of hydrogen-bond acceptors (Lipinski definition) is 2. The Hall–Kier alpha value is -0.990. The second kappa shape index (κ2) is 4.29. The summed E-state index contributed by atoms with van der Waals surface area (Å²) in [6.45, 7) is 9.30. The summed E-state index contributed by atoms with van der Waals surface area (Å²) in [6, 6.07) is 1.15. The van der Waals surface area contributed by atoms with Gasteiger partial charge in [-0.1, -0.05) is 13.8 Å². The molecule has 0 spiro atoms. The summed E-state index contributed by atoms with van der Waals surface area (Å²) in [7, 11) is 0. The molecule has 100 valence electrons. The zero-order chi connectivity index (χ0) is 12.9. The lowest BCUT2D eigenvalue weighted by Crippen LogP contribution is -2.30. The van der Waals surface area contributed by atoms with Crippen molar-refractivity contribution in [1.29, 1.82) is 0 Å². The highest BCUT2D eigenvalue weighted by atomic mass is 15.3. The molecule has 1 aromatic heterocycles. The Bertz CT molecular complexity index is 447. The summed E-state index contributed by atoms with van der Waals surface area (Å²) in [4.78, 5) is 4.84. The van der Waals surface area contributed by atoms with Crippen LogP contribution in [0.4, 0.5) is 5.95 Å². The molecule has 0 fully saturated rings.